The summed E-state index contributed by atoms with van der Waals surface area (Å²) in [6.07, 6.45) is 4.80. The molecule has 0 spiro atoms. The molecule has 1 heterocycles. The Kier molecular flexibility index (Phi) is 7.04. The maximum absolute atomic E-state index is 12.6. The van der Waals surface area contributed by atoms with E-state index < -0.39 is 22.8 Å². The summed E-state index contributed by atoms with van der Waals surface area (Å²) in [7, 11) is -2.63. The SMILES string of the molecule is COc1cc(CC(=O)N[C@@H](Cc2coc3ccccc23)B(O)O)ccc1N=S(C)(C)=O. The molecular weight excluding hydrogens is 419 g/mol. The van der Waals surface area contributed by atoms with Crippen LogP contribution in [-0.2, 0) is 27.4 Å². The number of carbonyl (C=O) groups is 1. The highest BCUT2D eigenvalue weighted by molar-refractivity contribution is 7.92. The van der Waals surface area contributed by atoms with Gasteiger partial charge in [-0.2, -0.15) is 4.36 Å². The number of rotatable bonds is 8. The van der Waals surface area contributed by atoms with E-state index in [0.717, 1.165) is 10.9 Å². The number of ether oxygens (including phenoxy) is 1. The lowest BCUT2D eigenvalue weighted by Gasteiger charge is -2.17. The molecule has 1 atom stereocenters. The van der Waals surface area contributed by atoms with E-state index in [2.05, 4.69) is 9.68 Å². The fourth-order valence-corrected chi connectivity index (χ4v) is 3.87. The van der Waals surface area contributed by atoms with Gasteiger partial charge in [0.25, 0.3) is 0 Å². The summed E-state index contributed by atoms with van der Waals surface area (Å²) in [5.41, 5.74) is 2.55. The molecule has 0 bridgehead atoms. The van der Waals surface area contributed by atoms with Crippen molar-refractivity contribution in [3.8, 4) is 5.75 Å². The van der Waals surface area contributed by atoms with Crippen LogP contribution in [0, 0.1) is 0 Å². The molecule has 0 saturated heterocycles. The van der Waals surface area contributed by atoms with Gasteiger partial charge in [-0.1, -0.05) is 24.3 Å². The van der Waals surface area contributed by atoms with Gasteiger partial charge in [0.1, 0.15) is 17.0 Å². The third kappa shape index (κ3) is 6.10. The van der Waals surface area contributed by atoms with E-state index >= 15 is 0 Å². The molecule has 164 valence electrons. The largest absolute Gasteiger partial charge is 0.494 e. The van der Waals surface area contributed by atoms with Crippen LogP contribution in [0.3, 0.4) is 0 Å². The molecule has 0 saturated carbocycles. The standard InChI is InChI=1S/C21H25BN2O6S/c1-29-19-10-14(8-9-17(19)24-31(2,3)28)11-21(25)23-20(22(26)27)12-15-13-30-18-7-5-4-6-16(15)18/h4-10,13,20,26-27H,11-12H2,1-3H3,(H,23,25)/t20-/m0/s1. The third-order valence-corrected chi connectivity index (χ3v) is 5.27. The number of para-hydroxylation sites is 1. The minimum Gasteiger partial charge on any atom is -0.494 e. The fourth-order valence-electron chi connectivity index (χ4n) is 3.25. The third-order valence-electron chi connectivity index (χ3n) is 4.63. The van der Waals surface area contributed by atoms with Gasteiger partial charge in [-0.05, 0) is 35.7 Å². The minimum absolute atomic E-state index is 0.000377. The van der Waals surface area contributed by atoms with Crippen molar-refractivity contribution in [1.82, 2.24) is 5.32 Å². The Morgan fingerprint density at radius 1 is 1.26 bits per heavy atom. The monoisotopic (exact) mass is 444 g/mol. The van der Waals surface area contributed by atoms with Crippen LogP contribution in [-0.4, -0.2) is 52.8 Å². The molecular formula is C21H25BN2O6S. The Labute approximate surface area is 181 Å². The summed E-state index contributed by atoms with van der Waals surface area (Å²) in [5.74, 6) is -0.882. The van der Waals surface area contributed by atoms with E-state index in [1.165, 1.54) is 19.6 Å². The van der Waals surface area contributed by atoms with Crippen molar-refractivity contribution < 1.29 is 28.2 Å². The predicted octanol–water partition coefficient (Wildman–Crippen LogP) is 2.08. The lowest BCUT2D eigenvalue weighted by Crippen LogP contribution is -2.48. The van der Waals surface area contributed by atoms with Crippen molar-refractivity contribution in [1.29, 1.82) is 0 Å². The number of amides is 1. The van der Waals surface area contributed by atoms with Crippen LogP contribution in [0.5, 0.6) is 5.75 Å². The predicted molar refractivity (Wildman–Crippen MR) is 121 cm³/mol. The van der Waals surface area contributed by atoms with Crippen LogP contribution in [0.15, 0.2) is 57.5 Å². The zero-order valence-corrected chi connectivity index (χ0v) is 18.4. The van der Waals surface area contributed by atoms with E-state index in [1.54, 1.807) is 24.5 Å². The second-order valence-electron chi connectivity index (χ2n) is 7.50. The molecule has 0 fully saturated rings. The number of nitrogens with zero attached hydrogens (tertiary/aromatic N) is 1. The zero-order chi connectivity index (χ0) is 22.6. The van der Waals surface area contributed by atoms with Crippen LogP contribution in [0.4, 0.5) is 5.69 Å². The van der Waals surface area contributed by atoms with Gasteiger partial charge in [0.15, 0.2) is 0 Å². The highest BCUT2D eigenvalue weighted by Gasteiger charge is 2.27. The maximum atomic E-state index is 12.6. The molecule has 1 aromatic heterocycles. The van der Waals surface area contributed by atoms with Crippen molar-refractivity contribution in [2.75, 3.05) is 19.6 Å². The number of methoxy groups -OCH3 is 1. The van der Waals surface area contributed by atoms with Crippen molar-refractivity contribution in [2.24, 2.45) is 4.36 Å². The van der Waals surface area contributed by atoms with Gasteiger partial charge in [0, 0.05) is 27.6 Å². The lowest BCUT2D eigenvalue weighted by atomic mass is 9.75. The van der Waals surface area contributed by atoms with E-state index in [-0.39, 0.29) is 18.7 Å². The van der Waals surface area contributed by atoms with Crippen LogP contribution in [0.1, 0.15) is 11.1 Å². The van der Waals surface area contributed by atoms with Crippen LogP contribution < -0.4 is 10.1 Å². The highest BCUT2D eigenvalue weighted by Crippen LogP contribution is 2.29. The average Bonchev–Trinajstić information content (AvgIpc) is 3.10. The van der Waals surface area contributed by atoms with Gasteiger partial charge in [-0.3, -0.25) is 4.79 Å². The number of fused-ring (bicyclic) bond motifs is 1. The van der Waals surface area contributed by atoms with Crippen molar-refractivity contribution >= 4 is 39.4 Å². The van der Waals surface area contributed by atoms with Crippen LogP contribution >= 0.6 is 0 Å². The van der Waals surface area contributed by atoms with Gasteiger partial charge in [0.2, 0.25) is 5.91 Å². The van der Waals surface area contributed by atoms with Crippen molar-refractivity contribution in [2.45, 2.75) is 18.8 Å². The summed E-state index contributed by atoms with van der Waals surface area (Å²) in [6, 6.07) is 12.4. The van der Waals surface area contributed by atoms with E-state index in [0.29, 0.717) is 22.6 Å². The molecule has 3 rings (SSSR count). The summed E-state index contributed by atoms with van der Waals surface area (Å²) in [4.78, 5) is 12.6. The minimum atomic E-state index is -2.36. The molecule has 3 aromatic rings. The summed E-state index contributed by atoms with van der Waals surface area (Å²) in [5, 5.41) is 23.1. The molecule has 10 heteroatoms. The summed E-state index contributed by atoms with van der Waals surface area (Å²) in [6.45, 7) is 0. The van der Waals surface area contributed by atoms with Crippen molar-refractivity contribution in [3.63, 3.8) is 0 Å². The number of nitrogens with one attached hydrogen (secondary N) is 1. The van der Waals surface area contributed by atoms with E-state index in [1.807, 2.05) is 24.3 Å². The Morgan fingerprint density at radius 2 is 2.00 bits per heavy atom. The lowest BCUT2D eigenvalue weighted by molar-refractivity contribution is -0.120. The molecule has 8 nitrogen and oxygen atoms in total. The van der Waals surface area contributed by atoms with Crippen LogP contribution in [0.2, 0.25) is 0 Å². The Balaban J connectivity index is 1.72. The summed E-state index contributed by atoms with van der Waals surface area (Å²) >= 11 is 0. The Morgan fingerprint density at radius 3 is 2.68 bits per heavy atom. The number of hydrogen-bond acceptors (Lipinski definition) is 7. The second-order valence-corrected chi connectivity index (χ2v) is 10.0. The first-order chi connectivity index (χ1) is 14.7. The summed E-state index contributed by atoms with van der Waals surface area (Å²) < 4.78 is 26.9. The van der Waals surface area contributed by atoms with Gasteiger partial charge < -0.3 is 24.5 Å². The first-order valence-electron chi connectivity index (χ1n) is 9.61. The van der Waals surface area contributed by atoms with Gasteiger partial charge >= 0.3 is 7.12 Å². The zero-order valence-electron chi connectivity index (χ0n) is 17.6. The molecule has 1 amide bonds. The number of furan rings is 1. The van der Waals surface area contributed by atoms with Gasteiger partial charge in [0.05, 0.1) is 25.7 Å². The Hall–Kier alpha value is -2.82. The molecule has 2 aromatic carbocycles. The highest BCUT2D eigenvalue weighted by atomic mass is 32.2. The number of hydrogen-bond donors (Lipinski definition) is 3. The Bertz CT molecular complexity index is 1190. The molecule has 0 unspecified atom stereocenters. The average molecular weight is 444 g/mol. The van der Waals surface area contributed by atoms with Gasteiger partial charge in [-0.15, -0.1) is 0 Å². The van der Waals surface area contributed by atoms with Crippen molar-refractivity contribution in [3.05, 3.63) is 59.9 Å². The number of benzene rings is 2. The maximum Gasteiger partial charge on any atom is 0.475 e. The number of carbonyl (C=O) groups excluding carboxylic acids is 1. The normalized spacial score (nSPS) is 12.4. The molecule has 0 aliphatic rings. The first-order valence-corrected chi connectivity index (χ1v) is 11.9. The topological polar surface area (TPSA) is 121 Å². The first kappa shape index (κ1) is 22.9. The second kappa shape index (κ2) is 9.55. The molecule has 0 aliphatic carbocycles. The quantitative estimate of drug-likeness (QED) is 0.458. The molecule has 0 aliphatic heterocycles. The fraction of sp³-hybridized carbons (Fsp3) is 0.286. The molecule has 31 heavy (non-hydrogen) atoms. The smallest absolute Gasteiger partial charge is 0.475 e. The molecule has 3 N–H and O–H groups in total. The van der Waals surface area contributed by atoms with E-state index in [9.17, 15) is 19.1 Å². The molecule has 0 radical (unpaired) electrons. The van der Waals surface area contributed by atoms with Crippen LogP contribution in [0.25, 0.3) is 11.0 Å². The van der Waals surface area contributed by atoms with E-state index in [4.69, 9.17) is 9.15 Å². The van der Waals surface area contributed by atoms with Gasteiger partial charge in [-0.25, -0.2) is 4.21 Å².